The first-order valence-electron chi connectivity index (χ1n) is 3.56. The zero-order valence-corrected chi connectivity index (χ0v) is 7.00. The van der Waals surface area contributed by atoms with Crippen molar-refractivity contribution in [3.05, 3.63) is 0 Å². The molecule has 4 nitrogen and oxygen atoms in total. The fourth-order valence-corrected chi connectivity index (χ4v) is 1.35. The van der Waals surface area contributed by atoms with Crippen LogP contribution in [0.15, 0.2) is 0 Å². The number of aliphatic carboxylic acids is 1. The van der Waals surface area contributed by atoms with Gasteiger partial charge in [0, 0.05) is 13.6 Å². The summed E-state index contributed by atoms with van der Waals surface area (Å²) in [5.41, 5.74) is -0.569. The maximum Gasteiger partial charge on any atom is 0.310 e. The second kappa shape index (κ2) is 2.46. The zero-order chi connectivity index (χ0) is 8.65. The average Bonchev–Trinajstić information content (AvgIpc) is 2.04. The summed E-state index contributed by atoms with van der Waals surface area (Å²) in [6, 6.07) is 0. The average molecular weight is 159 g/mol. The van der Waals surface area contributed by atoms with Crippen molar-refractivity contribution >= 4 is 5.97 Å². The minimum Gasteiger partial charge on any atom is -0.481 e. The summed E-state index contributed by atoms with van der Waals surface area (Å²) in [6.07, 6.45) is 0. The fraction of sp³-hybridized carbons (Fsp3) is 0.857. The van der Waals surface area contributed by atoms with E-state index in [0.717, 1.165) is 0 Å². The van der Waals surface area contributed by atoms with Crippen LogP contribution in [-0.2, 0) is 9.63 Å². The molecule has 1 atom stereocenters. The molecule has 0 unspecified atom stereocenters. The molecule has 0 bridgehead atoms. The third-order valence-electron chi connectivity index (χ3n) is 1.97. The molecule has 0 amide bonds. The highest BCUT2D eigenvalue weighted by Crippen LogP contribution is 2.29. The molecule has 0 aromatic carbocycles. The highest BCUT2D eigenvalue weighted by Gasteiger charge is 2.44. The maximum absolute atomic E-state index is 10.7. The second-order valence-electron chi connectivity index (χ2n) is 3.40. The Hall–Kier alpha value is -0.610. The molecule has 1 fully saturated rings. The fourth-order valence-electron chi connectivity index (χ4n) is 1.35. The van der Waals surface area contributed by atoms with Crippen molar-refractivity contribution in [3.63, 3.8) is 0 Å². The second-order valence-corrected chi connectivity index (χ2v) is 3.40. The SMILES string of the molecule is CN1C[C@@H](C(=O)O)C(C)(C)O1. The first-order chi connectivity index (χ1) is 4.93. The number of carboxylic acid groups (broad SMARTS) is 1. The number of nitrogens with zero attached hydrogens (tertiary/aromatic N) is 1. The highest BCUT2D eigenvalue weighted by atomic mass is 16.7. The van der Waals surface area contributed by atoms with Crippen LogP contribution in [-0.4, -0.2) is 35.3 Å². The van der Waals surface area contributed by atoms with E-state index in [1.165, 1.54) is 0 Å². The van der Waals surface area contributed by atoms with E-state index in [2.05, 4.69) is 0 Å². The van der Waals surface area contributed by atoms with E-state index in [-0.39, 0.29) is 0 Å². The van der Waals surface area contributed by atoms with E-state index >= 15 is 0 Å². The van der Waals surface area contributed by atoms with Gasteiger partial charge < -0.3 is 5.11 Å². The predicted octanol–water partition coefficient (Wildman–Crippen LogP) is 0.343. The van der Waals surface area contributed by atoms with Crippen LogP contribution in [0.5, 0.6) is 0 Å². The van der Waals surface area contributed by atoms with Gasteiger partial charge in [-0.1, -0.05) is 0 Å². The topological polar surface area (TPSA) is 49.8 Å². The molecular formula is C7H13NO3. The molecule has 1 rings (SSSR count). The van der Waals surface area contributed by atoms with E-state index < -0.39 is 17.5 Å². The molecule has 4 heteroatoms. The molecule has 0 radical (unpaired) electrons. The summed E-state index contributed by atoms with van der Waals surface area (Å²) in [6.45, 7) is 4.03. The van der Waals surface area contributed by atoms with E-state index in [1.807, 2.05) is 0 Å². The summed E-state index contributed by atoms with van der Waals surface area (Å²) in [4.78, 5) is 15.9. The first kappa shape index (κ1) is 8.49. The molecular weight excluding hydrogens is 146 g/mol. The van der Waals surface area contributed by atoms with Gasteiger partial charge in [-0.05, 0) is 13.8 Å². The van der Waals surface area contributed by atoms with Crippen LogP contribution in [0.25, 0.3) is 0 Å². The van der Waals surface area contributed by atoms with Gasteiger partial charge in [0.05, 0.1) is 5.60 Å². The lowest BCUT2D eigenvalue weighted by Crippen LogP contribution is -2.34. The molecule has 1 N–H and O–H groups in total. The van der Waals surface area contributed by atoms with Crippen LogP contribution >= 0.6 is 0 Å². The summed E-state index contributed by atoms with van der Waals surface area (Å²) in [5, 5.41) is 10.3. The van der Waals surface area contributed by atoms with Crippen molar-refractivity contribution in [2.45, 2.75) is 19.4 Å². The van der Waals surface area contributed by atoms with E-state index in [9.17, 15) is 4.79 Å². The van der Waals surface area contributed by atoms with Crippen LogP contribution in [0.1, 0.15) is 13.8 Å². The van der Waals surface area contributed by atoms with Gasteiger partial charge in [0.2, 0.25) is 0 Å². The molecule has 1 aliphatic heterocycles. The number of carboxylic acids is 1. The lowest BCUT2D eigenvalue weighted by atomic mass is 9.92. The summed E-state index contributed by atoms with van der Waals surface area (Å²) < 4.78 is 0. The van der Waals surface area contributed by atoms with Crippen LogP contribution in [0.3, 0.4) is 0 Å². The quantitative estimate of drug-likeness (QED) is 0.599. The Morgan fingerprint density at radius 3 is 2.45 bits per heavy atom. The smallest absolute Gasteiger partial charge is 0.310 e. The number of rotatable bonds is 1. The van der Waals surface area contributed by atoms with Gasteiger partial charge in [-0.3, -0.25) is 9.63 Å². The summed E-state index contributed by atoms with van der Waals surface area (Å²) in [7, 11) is 1.74. The molecule has 0 aromatic rings. The van der Waals surface area contributed by atoms with Crippen LogP contribution in [0.4, 0.5) is 0 Å². The molecule has 64 valence electrons. The van der Waals surface area contributed by atoms with Gasteiger partial charge in [-0.15, -0.1) is 0 Å². The van der Waals surface area contributed by atoms with Crippen molar-refractivity contribution in [2.24, 2.45) is 5.92 Å². The Kier molecular flexibility index (Phi) is 1.90. The molecule has 1 aliphatic rings. The molecule has 0 spiro atoms. The molecule has 11 heavy (non-hydrogen) atoms. The summed E-state index contributed by atoms with van der Waals surface area (Å²) in [5.74, 6) is -1.22. The Balaban J connectivity index is 2.74. The minimum absolute atomic E-state index is 0.424. The predicted molar refractivity (Wildman–Crippen MR) is 38.9 cm³/mol. The van der Waals surface area contributed by atoms with Crippen LogP contribution in [0, 0.1) is 5.92 Å². The van der Waals surface area contributed by atoms with Gasteiger partial charge in [0.1, 0.15) is 5.92 Å². The monoisotopic (exact) mass is 159 g/mol. The van der Waals surface area contributed by atoms with Crippen LogP contribution < -0.4 is 0 Å². The number of carbonyl (C=O) groups is 1. The Morgan fingerprint density at radius 2 is 2.27 bits per heavy atom. The van der Waals surface area contributed by atoms with Gasteiger partial charge in [0.25, 0.3) is 0 Å². The van der Waals surface area contributed by atoms with E-state index in [1.54, 1.807) is 26.0 Å². The molecule has 1 heterocycles. The zero-order valence-electron chi connectivity index (χ0n) is 7.00. The van der Waals surface area contributed by atoms with Crippen molar-refractivity contribution < 1.29 is 14.7 Å². The van der Waals surface area contributed by atoms with Crippen molar-refractivity contribution in [1.82, 2.24) is 5.06 Å². The van der Waals surface area contributed by atoms with Gasteiger partial charge in [0.15, 0.2) is 0 Å². The standard InChI is InChI=1S/C7H13NO3/c1-7(2)5(6(9)10)4-8(3)11-7/h5H,4H2,1-3H3,(H,9,10)/t5-/m0/s1. The molecule has 0 saturated carbocycles. The molecule has 1 saturated heterocycles. The van der Waals surface area contributed by atoms with Gasteiger partial charge in [-0.2, -0.15) is 5.06 Å². The normalized spacial score (nSPS) is 30.6. The van der Waals surface area contributed by atoms with E-state index in [0.29, 0.717) is 6.54 Å². The maximum atomic E-state index is 10.7. The molecule has 0 aliphatic carbocycles. The third kappa shape index (κ3) is 1.52. The largest absolute Gasteiger partial charge is 0.481 e. The van der Waals surface area contributed by atoms with Crippen molar-refractivity contribution in [3.8, 4) is 0 Å². The molecule has 0 aromatic heterocycles. The Morgan fingerprint density at radius 1 is 1.73 bits per heavy atom. The number of hydrogen-bond acceptors (Lipinski definition) is 3. The highest BCUT2D eigenvalue weighted by molar-refractivity contribution is 5.72. The Bertz CT molecular complexity index is 179. The van der Waals surface area contributed by atoms with Gasteiger partial charge >= 0.3 is 5.97 Å². The lowest BCUT2D eigenvalue weighted by molar-refractivity contribution is -0.173. The van der Waals surface area contributed by atoms with Crippen molar-refractivity contribution in [2.75, 3.05) is 13.6 Å². The third-order valence-corrected chi connectivity index (χ3v) is 1.97. The Labute approximate surface area is 65.7 Å². The van der Waals surface area contributed by atoms with Gasteiger partial charge in [-0.25, -0.2) is 0 Å². The van der Waals surface area contributed by atoms with E-state index in [4.69, 9.17) is 9.94 Å². The number of hydrogen-bond donors (Lipinski definition) is 1. The first-order valence-corrected chi connectivity index (χ1v) is 3.56. The van der Waals surface area contributed by atoms with Crippen LogP contribution in [0.2, 0.25) is 0 Å². The lowest BCUT2D eigenvalue weighted by Gasteiger charge is -2.20. The van der Waals surface area contributed by atoms with Crippen molar-refractivity contribution in [1.29, 1.82) is 0 Å². The minimum atomic E-state index is -0.792. The summed E-state index contributed by atoms with van der Waals surface area (Å²) >= 11 is 0. The number of hydroxylamine groups is 2.